The minimum atomic E-state index is -1.45. The maximum Gasteiger partial charge on any atom is 0.307 e. The summed E-state index contributed by atoms with van der Waals surface area (Å²) >= 11 is 0. The highest BCUT2D eigenvalue weighted by Gasteiger charge is 2.51. The number of aliphatic carboxylic acids is 1. The van der Waals surface area contributed by atoms with E-state index in [2.05, 4.69) is 39.5 Å². The molecule has 3 aliphatic rings. The van der Waals surface area contributed by atoms with Crippen LogP contribution in [0.2, 0.25) is 0 Å². The number of aliphatic hydroxyl groups excluding tert-OH is 15. The summed E-state index contributed by atoms with van der Waals surface area (Å²) in [6.07, 6.45) is -0.750. The van der Waals surface area contributed by atoms with Gasteiger partial charge in [-0.15, -0.1) is 0 Å². The van der Waals surface area contributed by atoms with E-state index in [1.54, 1.807) is 39.0 Å². The Morgan fingerprint density at radius 2 is 1.26 bits per heavy atom. The van der Waals surface area contributed by atoms with Crippen LogP contribution in [0.4, 0.5) is 0 Å². The largest absolute Gasteiger partial charge is 0.481 e. The third kappa shape index (κ3) is 32.5. The molecule has 3 rings (SSSR count). The molecule has 0 spiro atoms. The fourth-order valence-electron chi connectivity index (χ4n) is 14.4. The van der Waals surface area contributed by atoms with Crippen LogP contribution in [0.1, 0.15) is 204 Å². The zero-order valence-corrected chi connectivity index (χ0v) is 62.9. The summed E-state index contributed by atoms with van der Waals surface area (Å²) in [5.41, 5.74) is 2.77. The van der Waals surface area contributed by atoms with Gasteiger partial charge in [0.1, 0.15) is 30.0 Å². The smallest absolute Gasteiger partial charge is 0.307 e. The van der Waals surface area contributed by atoms with Crippen molar-refractivity contribution in [3.63, 3.8) is 0 Å². The number of hydrogen-bond acceptors (Lipinski definition) is 20. The first kappa shape index (κ1) is 92.0. The van der Waals surface area contributed by atoms with Crippen molar-refractivity contribution in [1.82, 2.24) is 0 Å². The number of carbonyl (C=O) groups is 2. The molecule has 3 heterocycles. The van der Waals surface area contributed by atoms with Crippen molar-refractivity contribution >= 4 is 11.8 Å². The van der Waals surface area contributed by atoms with Gasteiger partial charge in [0, 0.05) is 25.2 Å². The van der Waals surface area contributed by atoms with Crippen LogP contribution < -0.4 is 0 Å². The molecule has 0 bridgehead atoms. The molecule has 14 unspecified atom stereocenters. The van der Waals surface area contributed by atoms with E-state index >= 15 is 0 Å². The van der Waals surface area contributed by atoms with Crippen molar-refractivity contribution in [3.05, 3.63) is 121 Å². The molecule has 102 heavy (non-hydrogen) atoms. The van der Waals surface area contributed by atoms with Gasteiger partial charge in [0.2, 0.25) is 0 Å². The Labute approximate surface area is 608 Å². The Kier molecular flexibility index (Phi) is 40.4. The second-order valence-corrected chi connectivity index (χ2v) is 31.7. The summed E-state index contributed by atoms with van der Waals surface area (Å²) in [6, 6.07) is 0. The maximum absolute atomic E-state index is 13.1. The van der Waals surface area contributed by atoms with Gasteiger partial charge in [-0.2, -0.15) is 0 Å². The summed E-state index contributed by atoms with van der Waals surface area (Å²) in [4.78, 5) is 24.1. The molecular formula is C81H134O21. The van der Waals surface area contributed by atoms with Crippen molar-refractivity contribution in [3.8, 4) is 0 Å². The number of hydrogen-bond donors (Lipinski definition) is 16. The Morgan fingerprint density at radius 1 is 0.618 bits per heavy atom. The van der Waals surface area contributed by atoms with Gasteiger partial charge in [-0.3, -0.25) is 9.59 Å². The van der Waals surface area contributed by atoms with Crippen LogP contribution in [0, 0.1) is 41.4 Å². The molecule has 0 saturated carbocycles. The second-order valence-electron chi connectivity index (χ2n) is 31.7. The standard InChI is InChI=1S/C81H134O21/c1-45(21-24-65(87)70(92)36-49(5)29-47(3)31-61(84)22-25-66(88)73-44-76(95)81(16,102-73)75(94)42-54(10)53(9)39-62(85)43-58(14)82)32-71(93)80-79(99)78(98)74(101-80)37-51(7)30-55(11)64(86)20-18-17-19-60(83)40-57(13)72-26-23-63(100-72)41-56(12)67(89)33-52(8)35-69(91)59(15)68(90)34-48(4)27-46(2)28-50(6)38-77(96)97/h18,20,22-23,25-26,35,45-47,49,56-69,71-76,78-80,82-91,93-95,98-99H,4,6-7,9-11,17,19,21,24,27-34,36-44H2,1-3,5,8,12-16H3,(H,96,97)/b20-18-,25-22+,52-35-/t45?,46?,47?,49?,56?,57?,58?,59-,60?,61?,62?,63+,64?,65?,66-,67?,68-,69-,71+,72+,73-,74-,75?,76+,78+,79+,80-,81-/m0/s1. The van der Waals surface area contributed by atoms with Crippen LogP contribution in [-0.4, -0.2) is 221 Å². The predicted molar refractivity (Wildman–Crippen MR) is 396 cm³/mol. The predicted octanol–water partition coefficient (Wildman–Crippen LogP) is 8.36. The quantitative estimate of drug-likeness (QED) is 0.0201. The zero-order chi connectivity index (χ0) is 77.2. The normalized spacial score (nSPS) is 27.5. The lowest BCUT2D eigenvalue weighted by Crippen LogP contribution is -2.48. The number of ketones is 1. The van der Waals surface area contributed by atoms with E-state index < -0.39 is 127 Å². The lowest BCUT2D eigenvalue weighted by molar-refractivity contribution is -0.150. The van der Waals surface area contributed by atoms with Gasteiger partial charge in [0.25, 0.3) is 0 Å². The van der Waals surface area contributed by atoms with Crippen molar-refractivity contribution in [2.24, 2.45) is 41.4 Å². The van der Waals surface area contributed by atoms with E-state index in [4.69, 9.17) is 19.3 Å². The highest BCUT2D eigenvalue weighted by Crippen LogP contribution is 2.39. The van der Waals surface area contributed by atoms with Crippen molar-refractivity contribution in [2.75, 3.05) is 0 Å². The lowest BCUT2D eigenvalue weighted by Gasteiger charge is -2.34. The van der Waals surface area contributed by atoms with Crippen LogP contribution in [0.5, 0.6) is 0 Å². The molecule has 28 atom stereocenters. The fourth-order valence-corrected chi connectivity index (χ4v) is 14.4. The second kappa shape index (κ2) is 44.8. The molecule has 21 heteroatoms. The van der Waals surface area contributed by atoms with E-state index in [9.17, 15) is 86.2 Å². The van der Waals surface area contributed by atoms with Crippen LogP contribution in [0.25, 0.3) is 0 Å². The van der Waals surface area contributed by atoms with E-state index in [0.29, 0.717) is 98.5 Å². The molecular weight excluding hydrogens is 1310 g/mol. The van der Waals surface area contributed by atoms with Gasteiger partial charge >= 0.3 is 5.97 Å². The number of carboxylic acid groups (broad SMARTS) is 1. The molecule has 0 aromatic carbocycles. The van der Waals surface area contributed by atoms with Gasteiger partial charge < -0.3 is 95.9 Å². The molecule has 0 aromatic heterocycles. The molecule has 3 aliphatic heterocycles. The van der Waals surface area contributed by atoms with Crippen molar-refractivity contribution < 1.29 is 106 Å². The molecule has 21 nitrogen and oxygen atoms in total. The molecule has 2 fully saturated rings. The number of Topliss-reactive ketones (excluding diaryl/α,β-unsaturated/α-hetero) is 1. The Bertz CT molecular complexity index is 2760. The molecule has 0 radical (unpaired) electrons. The summed E-state index contributed by atoms with van der Waals surface area (Å²) in [5, 5.41) is 172. The number of aliphatic hydroxyl groups is 15. The van der Waals surface area contributed by atoms with E-state index in [0.717, 1.165) is 11.1 Å². The number of carboxylic acids is 1. The summed E-state index contributed by atoms with van der Waals surface area (Å²) < 4.78 is 18.4. The number of ether oxygens (including phenoxy) is 3. The SMILES string of the molecule is C=C(CC(=O)O)CC(C)CC(=C)C[C@H](O)[C@H](C)[C@@H](O)/C=C(/C)CC(O)C(C)C[C@H]1C=C[C@H](C(C)CC(O)CC/C=C\C(O)C(=C)CC(=C)C[C@@H]2O[C@@H]([C@H](O)CC(C)CCC(O)C(=O)CC(C)CC(C)CC(O)/C=C/[C@H](O)[C@@H]3C[C@@H](O)[C@](C)(C(O)CC(=C)C(=C)CC(O)CC(C)O)O3)[C@H](O)[C@@H]2O)O1. The van der Waals surface area contributed by atoms with E-state index in [1.165, 1.54) is 12.2 Å². The number of rotatable bonds is 52. The minimum Gasteiger partial charge on any atom is -0.481 e. The molecule has 16 N–H and O–H groups in total. The lowest BCUT2D eigenvalue weighted by atomic mass is 9.86. The first-order valence-electron chi connectivity index (χ1n) is 37.2. The summed E-state index contributed by atoms with van der Waals surface area (Å²) in [5.74, 6) is -2.13. The zero-order valence-electron chi connectivity index (χ0n) is 62.9. The minimum absolute atomic E-state index is 0.00468. The van der Waals surface area contributed by atoms with E-state index in [1.807, 2.05) is 60.6 Å². The monoisotopic (exact) mass is 1440 g/mol. The van der Waals surface area contributed by atoms with Crippen LogP contribution >= 0.6 is 0 Å². The Hall–Kier alpha value is -4.18. The summed E-state index contributed by atoms with van der Waals surface area (Å²) in [6.45, 7) is 42.3. The number of carbonyl (C=O) groups excluding carboxylic acids is 1. The average molecular weight is 1440 g/mol. The van der Waals surface area contributed by atoms with Crippen LogP contribution in [0.3, 0.4) is 0 Å². The molecule has 584 valence electrons. The molecule has 0 amide bonds. The van der Waals surface area contributed by atoms with Gasteiger partial charge in [-0.1, -0.05) is 153 Å². The van der Waals surface area contributed by atoms with Crippen LogP contribution in [-0.2, 0) is 23.8 Å². The first-order valence-corrected chi connectivity index (χ1v) is 37.2. The van der Waals surface area contributed by atoms with Crippen molar-refractivity contribution in [1.29, 1.82) is 0 Å². The van der Waals surface area contributed by atoms with Crippen molar-refractivity contribution in [2.45, 2.75) is 332 Å². The maximum atomic E-state index is 13.1. The first-order chi connectivity index (χ1) is 47.5. The molecule has 2 saturated heterocycles. The highest BCUT2D eigenvalue weighted by molar-refractivity contribution is 5.82. The third-order valence-corrected chi connectivity index (χ3v) is 20.8. The fraction of sp³-hybridized carbons (Fsp3) is 0.728. The average Bonchev–Trinajstić information content (AvgIpc) is 1.64. The highest BCUT2D eigenvalue weighted by atomic mass is 16.6. The van der Waals surface area contributed by atoms with Gasteiger partial charge in [0.15, 0.2) is 5.78 Å². The Morgan fingerprint density at radius 3 is 1.91 bits per heavy atom. The van der Waals surface area contributed by atoms with Crippen LogP contribution in [0.15, 0.2) is 121 Å². The summed E-state index contributed by atoms with van der Waals surface area (Å²) in [7, 11) is 0. The Balaban J connectivity index is 1.32. The van der Waals surface area contributed by atoms with E-state index in [-0.39, 0.29) is 118 Å². The number of allylic oxidation sites excluding steroid dienone is 1. The van der Waals surface area contributed by atoms with Gasteiger partial charge in [-0.05, 0) is 182 Å². The topological polar surface area (TPSA) is 386 Å². The third-order valence-electron chi connectivity index (χ3n) is 20.8. The molecule has 0 aromatic rings. The van der Waals surface area contributed by atoms with Gasteiger partial charge in [0.05, 0.1) is 104 Å². The van der Waals surface area contributed by atoms with Gasteiger partial charge in [-0.25, -0.2) is 0 Å². The molecule has 0 aliphatic carbocycles.